The zero-order chi connectivity index (χ0) is 17.6. The van der Waals surface area contributed by atoms with Crippen LogP contribution >= 0.6 is 0 Å². The Balaban J connectivity index is 1.55. The molecule has 5 heteroatoms. The molecule has 5 nitrogen and oxygen atoms in total. The Labute approximate surface area is 149 Å². The molecule has 0 N–H and O–H groups in total. The number of aryl methyl sites for hydroxylation is 2. The molecule has 1 aliphatic carbocycles. The number of hydrogen-bond acceptors (Lipinski definition) is 2. The lowest BCUT2D eigenvalue weighted by Gasteiger charge is -2.36. The topological polar surface area (TPSA) is 43.9 Å². The van der Waals surface area contributed by atoms with E-state index in [2.05, 4.69) is 12.1 Å². The van der Waals surface area contributed by atoms with Crippen LogP contribution in [-0.4, -0.2) is 66.4 Å². The van der Waals surface area contributed by atoms with Crippen molar-refractivity contribution in [2.24, 2.45) is 5.92 Å². The molecule has 0 radical (unpaired) electrons. The first-order chi connectivity index (χ1) is 12.0. The molecule has 25 heavy (non-hydrogen) atoms. The molecule has 0 aromatic heterocycles. The third-order valence-electron chi connectivity index (χ3n) is 5.97. The van der Waals surface area contributed by atoms with Gasteiger partial charge in [0.1, 0.15) is 0 Å². The lowest BCUT2D eigenvalue weighted by Crippen LogP contribution is -2.48. The van der Waals surface area contributed by atoms with Crippen LogP contribution in [0.3, 0.4) is 0 Å². The van der Waals surface area contributed by atoms with Crippen LogP contribution in [0, 0.1) is 5.92 Å². The van der Waals surface area contributed by atoms with E-state index in [4.69, 9.17) is 0 Å². The Morgan fingerprint density at radius 3 is 2.64 bits per heavy atom. The number of benzene rings is 1. The fraction of sp³-hybridized carbons (Fsp3) is 0.600. The second-order valence-electron chi connectivity index (χ2n) is 7.97. The fourth-order valence-electron chi connectivity index (χ4n) is 4.64. The highest BCUT2D eigenvalue weighted by Crippen LogP contribution is 2.30. The number of urea groups is 1. The van der Waals surface area contributed by atoms with Crippen LogP contribution in [0.15, 0.2) is 18.2 Å². The molecule has 134 valence electrons. The summed E-state index contributed by atoms with van der Waals surface area (Å²) in [4.78, 5) is 31.2. The van der Waals surface area contributed by atoms with Crippen molar-refractivity contribution in [3.05, 3.63) is 34.9 Å². The highest BCUT2D eigenvalue weighted by molar-refractivity contribution is 5.95. The van der Waals surface area contributed by atoms with Gasteiger partial charge in [-0.1, -0.05) is 6.07 Å². The number of piperidine rings is 1. The van der Waals surface area contributed by atoms with Gasteiger partial charge in [0, 0.05) is 45.3 Å². The van der Waals surface area contributed by atoms with Crippen molar-refractivity contribution in [3.8, 4) is 0 Å². The van der Waals surface area contributed by atoms with E-state index >= 15 is 0 Å². The summed E-state index contributed by atoms with van der Waals surface area (Å²) in [6, 6.07) is 6.43. The molecule has 0 saturated carbocycles. The molecular formula is C20H27N3O2. The summed E-state index contributed by atoms with van der Waals surface area (Å²) in [5.74, 6) is 0.532. The van der Waals surface area contributed by atoms with Gasteiger partial charge in [-0.2, -0.15) is 0 Å². The largest absolute Gasteiger partial charge is 0.334 e. The summed E-state index contributed by atoms with van der Waals surface area (Å²) in [7, 11) is 3.59. The first-order valence-electron chi connectivity index (χ1n) is 9.42. The van der Waals surface area contributed by atoms with Crippen molar-refractivity contribution in [1.29, 1.82) is 0 Å². The van der Waals surface area contributed by atoms with E-state index in [-0.39, 0.29) is 18.0 Å². The average Bonchev–Trinajstić information content (AvgIpc) is 2.89. The molecule has 0 unspecified atom stereocenters. The standard InChI is InChI=1S/C20H27N3O2/c1-21(2)20(25)22-11-14-6-9-18(13-22)23(12-14)19(24)17-8-7-15-4-3-5-16(15)10-17/h7-8,10,14,18H,3-6,9,11-13H2,1-2H3/t14-,18+/m1/s1. The predicted octanol–water partition coefficient (Wildman–Crippen LogP) is 2.39. The Morgan fingerprint density at radius 2 is 1.84 bits per heavy atom. The van der Waals surface area contributed by atoms with E-state index in [1.54, 1.807) is 19.0 Å². The van der Waals surface area contributed by atoms with Crippen molar-refractivity contribution in [2.45, 2.75) is 38.1 Å². The number of fused-ring (bicyclic) bond motifs is 5. The molecule has 3 heterocycles. The average molecular weight is 341 g/mol. The van der Waals surface area contributed by atoms with Crippen LogP contribution in [-0.2, 0) is 12.8 Å². The maximum Gasteiger partial charge on any atom is 0.319 e. The third kappa shape index (κ3) is 3.00. The Hall–Kier alpha value is -2.04. The molecule has 2 atom stereocenters. The highest BCUT2D eigenvalue weighted by Gasteiger charge is 2.39. The van der Waals surface area contributed by atoms with Gasteiger partial charge in [-0.25, -0.2) is 4.79 Å². The van der Waals surface area contributed by atoms with Gasteiger partial charge < -0.3 is 14.7 Å². The lowest BCUT2D eigenvalue weighted by atomic mass is 9.94. The van der Waals surface area contributed by atoms with E-state index < -0.39 is 0 Å². The maximum absolute atomic E-state index is 13.2. The van der Waals surface area contributed by atoms with E-state index in [1.165, 1.54) is 17.5 Å². The summed E-state index contributed by atoms with van der Waals surface area (Å²) in [5, 5.41) is 0. The minimum atomic E-state index is 0.0590. The van der Waals surface area contributed by atoms with Crippen LogP contribution in [0.25, 0.3) is 0 Å². The zero-order valence-electron chi connectivity index (χ0n) is 15.2. The van der Waals surface area contributed by atoms with Gasteiger partial charge >= 0.3 is 6.03 Å². The van der Waals surface area contributed by atoms with Gasteiger partial charge in [-0.15, -0.1) is 0 Å². The maximum atomic E-state index is 13.2. The smallest absolute Gasteiger partial charge is 0.319 e. The van der Waals surface area contributed by atoms with E-state index in [0.29, 0.717) is 12.5 Å². The molecule has 0 spiro atoms. The van der Waals surface area contributed by atoms with Crippen LogP contribution in [0.1, 0.15) is 40.7 Å². The number of amides is 3. The van der Waals surface area contributed by atoms with E-state index in [1.807, 2.05) is 15.9 Å². The Morgan fingerprint density at radius 1 is 1.04 bits per heavy atom. The van der Waals surface area contributed by atoms with Crippen LogP contribution in [0.2, 0.25) is 0 Å². The summed E-state index contributed by atoms with van der Waals surface area (Å²) >= 11 is 0. The molecular weight excluding hydrogens is 314 g/mol. The van der Waals surface area contributed by atoms with E-state index in [0.717, 1.165) is 44.3 Å². The lowest BCUT2D eigenvalue weighted by molar-refractivity contribution is 0.0585. The van der Waals surface area contributed by atoms with Crippen molar-refractivity contribution >= 4 is 11.9 Å². The Kier molecular flexibility index (Phi) is 4.18. The minimum absolute atomic E-state index is 0.0590. The van der Waals surface area contributed by atoms with Gasteiger partial charge in [0.2, 0.25) is 0 Å². The normalized spacial score (nSPS) is 24.9. The molecule has 3 fully saturated rings. The third-order valence-corrected chi connectivity index (χ3v) is 5.97. The summed E-state index contributed by atoms with van der Waals surface area (Å²) in [5.41, 5.74) is 3.56. The second-order valence-corrected chi connectivity index (χ2v) is 7.97. The molecule has 3 aliphatic heterocycles. The zero-order valence-corrected chi connectivity index (χ0v) is 15.2. The van der Waals surface area contributed by atoms with Crippen LogP contribution in [0.4, 0.5) is 4.79 Å². The molecule has 5 rings (SSSR count). The van der Waals surface area contributed by atoms with Gasteiger partial charge in [0.25, 0.3) is 5.91 Å². The van der Waals surface area contributed by atoms with Crippen molar-refractivity contribution in [3.63, 3.8) is 0 Å². The van der Waals surface area contributed by atoms with Gasteiger partial charge in [0.15, 0.2) is 0 Å². The van der Waals surface area contributed by atoms with Crippen molar-refractivity contribution < 1.29 is 9.59 Å². The predicted molar refractivity (Wildman–Crippen MR) is 96.7 cm³/mol. The molecule has 2 bridgehead atoms. The van der Waals surface area contributed by atoms with Crippen LogP contribution < -0.4 is 0 Å². The fourth-order valence-corrected chi connectivity index (χ4v) is 4.64. The monoisotopic (exact) mass is 341 g/mol. The molecule has 1 aromatic rings. The molecule has 3 saturated heterocycles. The number of rotatable bonds is 1. The summed E-state index contributed by atoms with van der Waals surface area (Å²) < 4.78 is 0. The van der Waals surface area contributed by atoms with Crippen LogP contribution in [0.5, 0.6) is 0 Å². The SMILES string of the molecule is CN(C)C(=O)N1C[C@H]2CC[C@@H](C1)N(C(=O)c1ccc3c(c1)CCC3)C2. The van der Waals surface area contributed by atoms with Crippen molar-refractivity contribution in [2.75, 3.05) is 33.7 Å². The number of carbonyl (C=O) groups is 2. The molecule has 3 amide bonds. The minimum Gasteiger partial charge on any atom is -0.334 e. The summed E-state index contributed by atoms with van der Waals surface area (Å²) in [6.07, 6.45) is 5.53. The number of carbonyl (C=O) groups excluding carboxylic acids is 2. The summed E-state index contributed by atoms with van der Waals surface area (Å²) in [6.45, 7) is 2.20. The first-order valence-corrected chi connectivity index (χ1v) is 9.42. The van der Waals surface area contributed by atoms with E-state index in [9.17, 15) is 9.59 Å². The van der Waals surface area contributed by atoms with Gasteiger partial charge in [-0.05, 0) is 61.3 Å². The number of nitrogens with zero attached hydrogens (tertiary/aromatic N) is 3. The highest BCUT2D eigenvalue weighted by atomic mass is 16.2. The molecule has 1 aromatic carbocycles. The van der Waals surface area contributed by atoms with Crippen molar-refractivity contribution in [1.82, 2.24) is 14.7 Å². The molecule has 4 aliphatic rings. The van der Waals surface area contributed by atoms with Gasteiger partial charge in [0.05, 0.1) is 0 Å². The van der Waals surface area contributed by atoms with Gasteiger partial charge in [-0.3, -0.25) is 4.79 Å². The second kappa shape index (κ2) is 6.36. The quantitative estimate of drug-likeness (QED) is 0.787. The number of hydrogen-bond donors (Lipinski definition) is 0. The first kappa shape index (κ1) is 16.4. The Bertz CT molecular complexity index is 700.